The van der Waals surface area contributed by atoms with Crippen molar-refractivity contribution < 1.29 is 17.6 Å². The van der Waals surface area contributed by atoms with Gasteiger partial charge in [0, 0.05) is 6.54 Å². The molecular weight excluding hydrogens is 358 g/mol. The van der Waals surface area contributed by atoms with Gasteiger partial charge in [0.05, 0.1) is 24.3 Å². The molecule has 3 aromatic rings. The van der Waals surface area contributed by atoms with Gasteiger partial charge in [0.15, 0.2) is 0 Å². The van der Waals surface area contributed by atoms with Gasteiger partial charge in [-0.05, 0) is 65.7 Å². The monoisotopic (exact) mass is 377 g/mol. The minimum Gasteiger partial charge on any atom is -0.494 e. The maximum atomic E-state index is 13.1. The second-order valence-electron chi connectivity index (χ2n) is 5.39. The summed E-state index contributed by atoms with van der Waals surface area (Å²) in [5, 5.41) is 3.88. The van der Waals surface area contributed by atoms with Crippen LogP contribution in [0, 0.1) is 0 Å². The molecule has 0 atom stereocenters. The zero-order chi connectivity index (χ0) is 17.7. The highest BCUT2D eigenvalue weighted by Crippen LogP contribution is 2.24. The Hall–Kier alpha value is -2.09. The summed E-state index contributed by atoms with van der Waals surface area (Å²) in [4.78, 5) is 0.234. The molecule has 0 saturated heterocycles. The number of benzene rings is 1. The molecule has 0 fully saturated rings. The Morgan fingerprint density at radius 1 is 1.12 bits per heavy atom. The SMILES string of the molecule is CCOc1ccc(S(=O)(=O)N(Cc2ccsc2)Cc2ccco2)cc1. The van der Waals surface area contributed by atoms with E-state index >= 15 is 0 Å². The predicted octanol–water partition coefficient (Wildman–Crippen LogP) is 4.13. The quantitative estimate of drug-likeness (QED) is 0.592. The standard InChI is InChI=1S/C18H19NO4S2/c1-2-22-16-5-7-18(8-6-16)25(20,21)19(12-15-9-11-24-14-15)13-17-4-3-10-23-17/h3-11,14H,2,12-13H2,1H3. The van der Waals surface area contributed by atoms with Crippen molar-refractivity contribution in [3.05, 3.63) is 70.8 Å². The molecule has 2 heterocycles. The van der Waals surface area contributed by atoms with Crippen LogP contribution in [0.15, 0.2) is 68.8 Å². The Labute approximate surface area is 151 Å². The number of nitrogens with zero attached hydrogens (tertiary/aromatic N) is 1. The highest BCUT2D eigenvalue weighted by Gasteiger charge is 2.26. The average Bonchev–Trinajstić information content (AvgIpc) is 3.29. The second kappa shape index (κ2) is 7.86. The van der Waals surface area contributed by atoms with Crippen molar-refractivity contribution in [2.75, 3.05) is 6.61 Å². The topological polar surface area (TPSA) is 59.8 Å². The summed E-state index contributed by atoms with van der Waals surface area (Å²) < 4.78 is 38.3. The highest BCUT2D eigenvalue weighted by atomic mass is 32.2. The van der Waals surface area contributed by atoms with Crippen LogP contribution in [0.5, 0.6) is 5.75 Å². The molecule has 0 N–H and O–H groups in total. The molecule has 5 nitrogen and oxygen atoms in total. The number of sulfonamides is 1. The zero-order valence-electron chi connectivity index (χ0n) is 13.8. The lowest BCUT2D eigenvalue weighted by atomic mass is 10.3. The van der Waals surface area contributed by atoms with Crippen molar-refractivity contribution in [3.8, 4) is 5.75 Å². The van der Waals surface area contributed by atoms with Gasteiger partial charge in [-0.1, -0.05) is 0 Å². The van der Waals surface area contributed by atoms with Crippen molar-refractivity contribution in [1.82, 2.24) is 4.31 Å². The minimum atomic E-state index is -3.66. The number of furan rings is 1. The van der Waals surface area contributed by atoms with E-state index in [4.69, 9.17) is 9.15 Å². The van der Waals surface area contributed by atoms with Gasteiger partial charge in [-0.25, -0.2) is 8.42 Å². The van der Waals surface area contributed by atoms with Gasteiger partial charge in [-0.15, -0.1) is 0 Å². The number of rotatable bonds is 8. The van der Waals surface area contributed by atoms with E-state index in [1.165, 1.54) is 4.31 Å². The Balaban J connectivity index is 1.89. The number of hydrogen-bond acceptors (Lipinski definition) is 5. The maximum Gasteiger partial charge on any atom is 0.243 e. The summed E-state index contributed by atoms with van der Waals surface area (Å²) in [5.74, 6) is 1.25. The summed E-state index contributed by atoms with van der Waals surface area (Å²) >= 11 is 1.54. The molecule has 0 spiro atoms. The number of thiophene rings is 1. The van der Waals surface area contributed by atoms with Gasteiger partial charge in [-0.3, -0.25) is 0 Å². The first-order valence-electron chi connectivity index (χ1n) is 7.86. The Kier molecular flexibility index (Phi) is 5.57. The van der Waals surface area contributed by atoms with E-state index in [0.29, 0.717) is 24.7 Å². The molecule has 0 bridgehead atoms. The van der Waals surface area contributed by atoms with E-state index in [9.17, 15) is 8.42 Å². The van der Waals surface area contributed by atoms with Gasteiger partial charge in [-0.2, -0.15) is 15.6 Å². The van der Waals surface area contributed by atoms with E-state index in [1.807, 2.05) is 23.8 Å². The van der Waals surface area contributed by atoms with Gasteiger partial charge >= 0.3 is 0 Å². The van der Waals surface area contributed by atoms with Gasteiger partial charge < -0.3 is 9.15 Å². The summed E-state index contributed by atoms with van der Waals surface area (Å²) in [5.41, 5.74) is 0.950. The van der Waals surface area contributed by atoms with Crippen LogP contribution in [-0.4, -0.2) is 19.3 Å². The molecule has 0 saturated carbocycles. The van der Waals surface area contributed by atoms with E-state index in [2.05, 4.69) is 0 Å². The third-order valence-electron chi connectivity index (χ3n) is 3.62. The first-order chi connectivity index (χ1) is 12.1. The van der Waals surface area contributed by atoms with Gasteiger partial charge in [0.25, 0.3) is 0 Å². The molecule has 0 aliphatic carbocycles. The molecule has 0 aliphatic rings. The van der Waals surface area contributed by atoms with E-state index in [1.54, 1.807) is 54.0 Å². The molecule has 0 unspecified atom stereocenters. The van der Waals surface area contributed by atoms with Crippen molar-refractivity contribution in [3.63, 3.8) is 0 Å². The second-order valence-corrected chi connectivity index (χ2v) is 8.11. The molecular formula is C18H19NO4S2. The minimum absolute atomic E-state index is 0.179. The van der Waals surface area contributed by atoms with Crippen LogP contribution in [0.3, 0.4) is 0 Å². The van der Waals surface area contributed by atoms with Crippen LogP contribution in [0.2, 0.25) is 0 Å². The molecule has 0 radical (unpaired) electrons. The lowest BCUT2D eigenvalue weighted by Crippen LogP contribution is -2.30. The fraction of sp³-hybridized carbons (Fsp3) is 0.222. The van der Waals surface area contributed by atoms with Crippen molar-refractivity contribution in [1.29, 1.82) is 0 Å². The fourth-order valence-corrected chi connectivity index (χ4v) is 4.47. The van der Waals surface area contributed by atoms with E-state index in [-0.39, 0.29) is 11.4 Å². The molecule has 1 aromatic carbocycles. The smallest absolute Gasteiger partial charge is 0.243 e. The maximum absolute atomic E-state index is 13.1. The molecule has 0 amide bonds. The van der Waals surface area contributed by atoms with Crippen molar-refractivity contribution >= 4 is 21.4 Å². The summed E-state index contributed by atoms with van der Waals surface area (Å²) in [6, 6.07) is 11.9. The van der Waals surface area contributed by atoms with E-state index in [0.717, 1.165) is 5.56 Å². The molecule has 7 heteroatoms. The first-order valence-corrected chi connectivity index (χ1v) is 10.2. The number of hydrogen-bond donors (Lipinski definition) is 0. The molecule has 25 heavy (non-hydrogen) atoms. The van der Waals surface area contributed by atoms with Crippen LogP contribution < -0.4 is 4.74 Å². The zero-order valence-corrected chi connectivity index (χ0v) is 15.4. The third-order valence-corrected chi connectivity index (χ3v) is 6.16. The summed E-state index contributed by atoms with van der Waals surface area (Å²) in [6.45, 7) is 2.89. The largest absolute Gasteiger partial charge is 0.494 e. The predicted molar refractivity (Wildman–Crippen MR) is 97.1 cm³/mol. The van der Waals surface area contributed by atoms with Crippen molar-refractivity contribution in [2.45, 2.75) is 24.9 Å². The molecule has 3 rings (SSSR count). The summed E-state index contributed by atoms with van der Waals surface area (Å²) in [7, 11) is -3.66. The van der Waals surface area contributed by atoms with Crippen LogP contribution >= 0.6 is 11.3 Å². The van der Waals surface area contributed by atoms with Crippen LogP contribution in [0.25, 0.3) is 0 Å². The van der Waals surface area contributed by atoms with Crippen LogP contribution in [0.4, 0.5) is 0 Å². The highest BCUT2D eigenvalue weighted by molar-refractivity contribution is 7.89. The molecule has 132 valence electrons. The molecule has 2 aromatic heterocycles. The third kappa shape index (κ3) is 4.31. The van der Waals surface area contributed by atoms with Crippen molar-refractivity contribution in [2.24, 2.45) is 0 Å². The van der Waals surface area contributed by atoms with Gasteiger partial charge in [0.2, 0.25) is 10.0 Å². The first kappa shape index (κ1) is 17.7. The Morgan fingerprint density at radius 2 is 1.92 bits per heavy atom. The average molecular weight is 377 g/mol. The van der Waals surface area contributed by atoms with E-state index < -0.39 is 10.0 Å². The lowest BCUT2D eigenvalue weighted by Gasteiger charge is -2.21. The lowest BCUT2D eigenvalue weighted by molar-refractivity contribution is 0.339. The van der Waals surface area contributed by atoms with Crippen LogP contribution in [0.1, 0.15) is 18.2 Å². The normalized spacial score (nSPS) is 11.8. The van der Waals surface area contributed by atoms with Crippen LogP contribution in [-0.2, 0) is 23.1 Å². The molecule has 0 aliphatic heterocycles. The Bertz CT molecular complexity index is 834. The van der Waals surface area contributed by atoms with Gasteiger partial charge in [0.1, 0.15) is 11.5 Å². The number of ether oxygens (including phenoxy) is 1. The summed E-state index contributed by atoms with van der Waals surface area (Å²) in [6.07, 6.45) is 1.54. The Morgan fingerprint density at radius 3 is 2.52 bits per heavy atom. The fourth-order valence-electron chi connectivity index (χ4n) is 2.41.